The van der Waals surface area contributed by atoms with Crippen LogP contribution in [0.15, 0.2) is 51.8 Å². The van der Waals surface area contributed by atoms with Gasteiger partial charge in [0.25, 0.3) is 5.91 Å². The van der Waals surface area contributed by atoms with Crippen LogP contribution < -0.4 is 10.9 Å². The average molecular weight is 445 g/mol. The first-order valence-electron chi connectivity index (χ1n) is 9.67. The highest BCUT2D eigenvalue weighted by Crippen LogP contribution is 2.27. The Morgan fingerprint density at radius 3 is 2.29 bits per heavy atom. The highest BCUT2D eigenvalue weighted by molar-refractivity contribution is 7.89. The van der Waals surface area contributed by atoms with Crippen LogP contribution in [-0.2, 0) is 10.0 Å². The zero-order chi connectivity index (χ0) is 22.2. The summed E-state index contributed by atoms with van der Waals surface area (Å²) in [5, 5.41) is 0.464. The van der Waals surface area contributed by atoms with Gasteiger partial charge in [0.05, 0.1) is 4.90 Å². The Bertz CT molecular complexity index is 1260. The summed E-state index contributed by atoms with van der Waals surface area (Å²) < 4.78 is 45.7. The fourth-order valence-electron chi connectivity index (χ4n) is 3.52. The number of furan rings is 1. The number of nitrogens with zero attached hydrogens (tertiary/aromatic N) is 1. The molecule has 0 unspecified atom stereocenters. The van der Waals surface area contributed by atoms with Crippen LogP contribution >= 0.6 is 0 Å². The van der Waals surface area contributed by atoms with Crippen molar-refractivity contribution in [2.24, 2.45) is 0 Å². The number of fused-ring (bicyclic) bond motifs is 1. The molecule has 1 aromatic heterocycles. The molecule has 0 spiro atoms. The van der Waals surface area contributed by atoms with Crippen molar-refractivity contribution in [2.75, 3.05) is 13.1 Å². The third-order valence-corrected chi connectivity index (χ3v) is 7.14. The van der Waals surface area contributed by atoms with Crippen molar-refractivity contribution in [1.29, 1.82) is 0 Å². The van der Waals surface area contributed by atoms with Crippen molar-refractivity contribution in [3.05, 3.63) is 65.2 Å². The summed E-state index contributed by atoms with van der Waals surface area (Å²) in [6.45, 7) is 2.59. The maximum absolute atomic E-state index is 13.9. The Morgan fingerprint density at radius 2 is 1.65 bits per heavy atom. The molecule has 2 heterocycles. The summed E-state index contributed by atoms with van der Waals surface area (Å²) in [5.74, 6) is -2.09. The Labute approximate surface area is 178 Å². The minimum absolute atomic E-state index is 0.0359. The van der Waals surface area contributed by atoms with E-state index in [9.17, 15) is 22.4 Å². The number of nitrogens with one attached hydrogen (secondary N) is 2. The third-order valence-electron chi connectivity index (χ3n) is 5.23. The van der Waals surface area contributed by atoms with Crippen molar-refractivity contribution >= 4 is 32.8 Å². The predicted molar refractivity (Wildman–Crippen MR) is 110 cm³/mol. The molecule has 1 saturated heterocycles. The van der Waals surface area contributed by atoms with Crippen LogP contribution in [0.4, 0.5) is 4.39 Å². The predicted octanol–water partition coefficient (Wildman–Crippen LogP) is 2.74. The van der Waals surface area contributed by atoms with Gasteiger partial charge in [0.1, 0.15) is 0 Å². The van der Waals surface area contributed by atoms with E-state index >= 15 is 0 Å². The molecular weight excluding hydrogens is 425 g/mol. The van der Waals surface area contributed by atoms with Crippen LogP contribution in [0, 0.1) is 12.7 Å². The zero-order valence-electron chi connectivity index (χ0n) is 16.6. The standard InChI is InChI=1S/C21H20FN3O5S/c1-13-16-5-4-6-17(22)19(16)30-18(13)21(27)24-23-20(26)14-7-9-15(10-8-14)31(28,29)25-11-2-3-12-25/h4-10H,2-3,11-12H2,1H3,(H,23,26)(H,24,27). The second-order valence-corrected chi connectivity index (χ2v) is 9.15. The van der Waals surface area contributed by atoms with E-state index < -0.39 is 27.7 Å². The molecule has 10 heteroatoms. The number of amides is 2. The first kappa shape index (κ1) is 21.0. The van der Waals surface area contributed by atoms with Crippen molar-refractivity contribution < 1.29 is 26.8 Å². The van der Waals surface area contributed by atoms with Crippen LogP contribution in [-0.4, -0.2) is 37.6 Å². The molecule has 2 amide bonds. The van der Waals surface area contributed by atoms with E-state index in [-0.39, 0.29) is 21.8 Å². The number of hydrogen-bond acceptors (Lipinski definition) is 5. The molecule has 0 saturated carbocycles. The molecule has 0 radical (unpaired) electrons. The maximum atomic E-state index is 13.9. The fraction of sp³-hybridized carbons (Fsp3) is 0.238. The minimum atomic E-state index is -3.58. The molecule has 4 rings (SSSR count). The normalized spacial score (nSPS) is 14.6. The third kappa shape index (κ3) is 3.91. The SMILES string of the molecule is Cc1c(C(=O)NNC(=O)c2ccc(S(=O)(=O)N3CCCC3)cc2)oc2c(F)cccc12. The summed E-state index contributed by atoms with van der Waals surface area (Å²) in [4.78, 5) is 24.8. The number of rotatable bonds is 4. The number of hydrogen-bond donors (Lipinski definition) is 2. The van der Waals surface area contributed by atoms with E-state index in [2.05, 4.69) is 10.9 Å². The number of halogens is 1. The minimum Gasteiger partial charge on any atom is -0.447 e. The lowest BCUT2D eigenvalue weighted by Crippen LogP contribution is -2.41. The van der Waals surface area contributed by atoms with Gasteiger partial charge in [-0.15, -0.1) is 0 Å². The molecule has 2 aromatic carbocycles. The topological polar surface area (TPSA) is 109 Å². The van der Waals surface area contributed by atoms with Crippen LogP contribution in [0.1, 0.15) is 39.3 Å². The lowest BCUT2D eigenvalue weighted by molar-refractivity contribution is 0.0831. The highest BCUT2D eigenvalue weighted by Gasteiger charge is 2.27. The zero-order valence-corrected chi connectivity index (χ0v) is 17.5. The van der Waals surface area contributed by atoms with E-state index in [4.69, 9.17) is 4.42 Å². The van der Waals surface area contributed by atoms with E-state index in [0.717, 1.165) is 12.8 Å². The van der Waals surface area contributed by atoms with Gasteiger partial charge in [0, 0.05) is 29.6 Å². The molecule has 0 bridgehead atoms. The molecule has 0 atom stereocenters. The number of hydrazine groups is 1. The number of carbonyl (C=O) groups excluding carboxylic acids is 2. The number of carbonyl (C=O) groups is 2. The highest BCUT2D eigenvalue weighted by atomic mass is 32.2. The van der Waals surface area contributed by atoms with Gasteiger partial charge < -0.3 is 4.42 Å². The maximum Gasteiger partial charge on any atom is 0.305 e. The number of aryl methyl sites for hydroxylation is 1. The van der Waals surface area contributed by atoms with Crippen molar-refractivity contribution in [1.82, 2.24) is 15.2 Å². The average Bonchev–Trinajstić information content (AvgIpc) is 3.42. The van der Waals surface area contributed by atoms with Gasteiger partial charge in [-0.3, -0.25) is 20.4 Å². The van der Waals surface area contributed by atoms with Crippen LogP contribution in [0.25, 0.3) is 11.0 Å². The van der Waals surface area contributed by atoms with Gasteiger partial charge in [-0.1, -0.05) is 12.1 Å². The summed E-state index contributed by atoms with van der Waals surface area (Å²) in [5.41, 5.74) is 5.04. The first-order chi connectivity index (χ1) is 14.8. The Morgan fingerprint density at radius 1 is 1.00 bits per heavy atom. The molecule has 31 heavy (non-hydrogen) atoms. The smallest absolute Gasteiger partial charge is 0.305 e. The molecule has 2 N–H and O–H groups in total. The number of benzene rings is 2. The summed E-state index contributed by atoms with van der Waals surface area (Å²) >= 11 is 0. The lowest BCUT2D eigenvalue weighted by Gasteiger charge is -2.15. The molecule has 3 aromatic rings. The quantitative estimate of drug-likeness (QED) is 0.601. The van der Waals surface area contributed by atoms with Crippen LogP contribution in [0.5, 0.6) is 0 Å². The van der Waals surface area contributed by atoms with Gasteiger partial charge in [0.15, 0.2) is 17.2 Å². The molecule has 1 aliphatic rings. The largest absolute Gasteiger partial charge is 0.447 e. The van der Waals surface area contributed by atoms with Gasteiger partial charge >= 0.3 is 5.91 Å². The van der Waals surface area contributed by atoms with E-state index in [1.165, 1.54) is 40.7 Å². The number of sulfonamides is 1. The second kappa shape index (κ2) is 8.12. The lowest BCUT2D eigenvalue weighted by atomic mass is 10.1. The van der Waals surface area contributed by atoms with Gasteiger partial charge in [-0.25, -0.2) is 12.8 Å². The Kier molecular flexibility index (Phi) is 5.50. The summed E-state index contributed by atoms with van der Waals surface area (Å²) in [6, 6.07) is 9.82. The molecule has 0 aliphatic carbocycles. The Hall–Kier alpha value is -3.24. The van der Waals surface area contributed by atoms with Crippen molar-refractivity contribution in [3.8, 4) is 0 Å². The molecular formula is C21H20FN3O5S. The van der Waals surface area contributed by atoms with Gasteiger partial charge in [0.2, 0.25) is 10.0 Å². The second-order valence-electron chi connectivity index (χ2n) is 7.22. The molecule has 8 nitrogen and oxygen atoms in total. The molecule has 162 valence electrons. The van der Waals surface area contributed by atoms with Crippen molar-refractivity contribution in [3.63, 3.8) is 0 Å². The molecule has 1 fully saturated rings. The summed E-state index contributed by atoms with van der Waals surface area (Å²) in [7, 11) is -3.58. The van der Waals surface area contributed by atoms with Crippen LogP contribution in [0.2, 0.25) is 0 Å². The molecule has 1 aliphatic heterocycles. The van der Waals surface area contributed by atoms with E-state index in [0.29, 0.717) is 24.0 Å². The monoisotopic (exact) mass is 445 g/mol. The fourth-order valence-corrected chi connectivity index (χ4v) is 5.04. The first-order valence-corrected chi connectivity index (χ1v) is 11.1. The van der Waals surface area contributed by atoms with Crippen molar-refractivity contribution in [2.45, 2.75) is 24.7 Å². The van der Waals surface area contributed by atoms with E-state index in [1.54, 1.807) is 13.0 Å². The summed E-state index contributed by atoms with van der Waals surface area (Å²) in [6.07, 6.45) is 1.66. The van der Waals surface area contributed by atoms with Gasteiger partial charge in [-0.05, 0) is 50.1 Å². The Balaban J connectivity index is 1.44. The van der Waals surface area contributed by atoms with Crippen LogP contribution in [0.3, 0.4) is 0 Å². The van der Waals surface area contributed by atoms with Gasteiger partial charge in [-0.2, -0.15) is 4.31 Å². The number of para-hydroxylation sites is 1. The van der Waals surface area contributed by atoms with E-state index in [1.807, 2.05) is 0 Å².